The first-order valence-corrected chi connectivity index (χ1v) is 6.66. The van der Waals surface area contributed by atoms with E-state index in [2.05, 4.69) is 24.0 Å². The monoisotopic (exact) mass is 232 g/mol. The van der Waals surface area contributed by atoms with Gasteiger partial charge in [0, 0.05) is 30.6 Å². The average Bonchev–Trinajstić information content (AvgIpc) is 2.30. The van der Waals surface area contributed by atoms with Crippen molar-refractivity contribution >= 4 is 11.8 Å². The van der Waals surface area contributed by atoms with E-state index in [0.717, 1.165) is 30.8 Å². The summed E-state index contributed by atoms with van der Waals surface area (Å²) < 4.78 is 0. The Hall–Kier alpha value is -0.980. The van der Waals surface area contributed by atoms with Crippen LogP contribution < -0.4 is 0 Å². The van der Waals surface area contributed by atoms with Gasteiger partial charge in [0.05, 0.1) is 11.6 Å². The van der Waals surface area contributed by atoms with E-state index in [-0.39, 0.29) is 0 Å². The molecule has 0 bridgehead atoms. The van der Waals surface area contributed by atoms with E-state index < -0.39 is 0 Å². The van der Waals surface area contributed by atoms with Gasteiger partial charge >= 0.3 is 0 Å². The van der Waals surface area contributed by atoms with E-state index in [0.29, 0.717) is 5.25 Å². The molecule has 0 aliphatic carbocycles. The fraction of sp³-hybridized carbons (Fsp3) is 0.462. The van der Waals surface area contributed by atoms with Gasteiger partial charge < -0.3 is 0 Å². The molecule has 84 valence electrons. The zero-order valence-electron chi connectivity index (χ0n) is 9.52. The molecule has 16 heavy (non-hydrogen) atoms. The van der Waals surface area contributed by atoms with E-state index in [1.165, 1.54) is 5.75 Å². The molecule has 1 aromatic carbocycles. The van der Waals surface area contributed by atoms with Gasteiger partial charge in [-0.05, 0) is 11.6 Å². The van der Waals surface area contributed by atoms with Crippen molar-refractivity contribution in [2.75, 3.05) is 18.8 Å². The first-order chi connectivity index (χ1) is 7.79. The molecule has 2 rings (SSSR count). The molecule has 1 aliphatic heterocycles. The molecule has 2 nitrogen and oxygen atoms in total. The number of benzene rings is 1. The van der Waals surface area contributed by atoms with Gasteiger partial charge in [-0.15, -0.1) is 0 Å². The molecule has 0 aromatic heterocycles. The van der Waals surface area contributed by atoms with Crippen LogP contribution in [0, 0.1) is 11.3 Å². The van der Waals surface area contributed by atoms with Gasteiger partial charge in [0.15, 0.2) is 0 Å². The molecule has 0 spiro atoms. The first-order valence-electron chi connectivity index (χ1n) is 5.61. The predicted molar refractivity (Wildman–Crippen MR) is 68.4 cm³/mol. The Balaban J connectivity index is 2.06. The van der Waals surface area contributed by atoms with E-state index in [1.807, 2.05) is 30.0 Å². The molecule has 0 saturated carbocycles. The minimum Gasteiger partial charge on any atom is -0.297 e. The summed E-state index contributed by atoms with van der Waals surface area (Å²) >= 11 is 2.04. The lowest BCUT2D eigenvalue weighted by Gasteiger charge is -2.30. The number of nitrogens with zero attached hydrogens (tertiary/aromatic N) is 2. The Morgan fingerprint density at radius 1 is 1.50 bits per heavy atom. The van der Waals surface area contributed by atoms with Gasteiger partial charge in [-0.25, -0.2) is 0 Å². The van der Waals surface area contributed by atoms with Gasteiger partial charge in [0.25, 0.3) is 0 Å². The second kappa shape index (κ2) is 5.38. The highest BCUT2D eigenvalue weighted by molar-refractivity contribution is 7.99. The van der Waals surface area contributed by atoms with Crippen molar-refractivity contribution in [3.63, 3.8) is 0 Å². The highest BCUT2D eigenvalue weighted by Gasteiger charge is 2.17. The van der Waals surface area contributed by atoms with E-state index >= 15 is 0 Å². The summed E-state index contributed by atoms with van der Waals surface area (Å²) in [5, 5.41) is 9.74. The van der Waals surface area contributed by atoms with Crippen LogP contribution in [0.2, 0.25) is 0 Å². The van der Waals surface area contributed by atoms with Crippen molar-refractivity contribution in [3.05, 3.63) is 35.4 Å². The molecule has 3 heteroatoms. The van der Waals surface area contributed by atoms with Gasteiger partial charge in [0.2, 0.25) is 0 Å². The highest BCUT2D eigenvalue weighted by Crippen LogP contribution is 2.20. The number of rotatable bonds is 2. The molecule has 1 unspecified atom stereocenters. The molecule has 0 N–H and O–H groups in total. The maximum absolute atomic E-state index is 9.03. The number of hydrogen-bond acceptors (Lipinski definition) is 3. The lowest BCUT2D eigenvalue weighted by atomic mass is 10.1. The first kappa shape index (κ1) is 11.5. The number of nitriles is 1. The van der Waals surface area contributed by atoms with Crippen LogP contribution in [-0.2, 0) is 6.54 Å². The molecular formula is C13H16N2S. The minimum absolute atomic E-state index is 0.711. The minimum atomic E-state index is 0.711. The molecule has 1 atom stereocenters. The molecule has 1 aromatic rings. The summed E-state index contributed by atoms with van der Waals surface area (Å²) in [7, 11) is 0. The molecule has 1 aliphatic rings. The maximum Gasteiger partial charge on any atom is 0.0995 e. The summed E-state index contributed by atoms with van der Waals surface area (Å²) in [5.74, 6) is 1.20. The fourth-order valence-corrected chi connectivity index (χ4v) is 3.12. The van der Waals surface area contributed by atoms with Gasteiger partial charge in [-0.3, -0.25) is 4.90 Å². The third-order valence-corrected chi connectivity index (χ3v) is 3.99. The highest BCUT2D eigenvalue weighted by atomic mass is 32.2. The van der Waals surface area contributed by atoms with Crippen LogP contribution in [0.15, 0.2) is 24.3 Å². The lowest BCUT2D eigenvalue weighted by Crippen LogP contribution is -2.36. The van der Waals surface area contributed by atoms with Crippen molar-refractivity contribution in [1.29, 1.82) is 5.26 Å². The quantitative estimate of drug-likeness (QED) is 0.784. The zero-order valence-corrected chi connectivity index (χ0v) is 10.3. The van der Waals surface area contributed by atoms with E-state index in [9.17, 15) is 0 Å². The summed E-state index contributed by atoms with van der Waals surface area (Å²) in [4.78, 5) is 2.44. The fourth-order valence-electron chi connectivity index (χ4n) is 2.04. The van der Waals surface area contributed by atoms with Gasteiger partial charge in [-0.1, -0.05) is 25.1 Å². The van der Waals surface area contributed by atoms with Crippen LogP contribution in [0.5, 0.6) is 0 Å². The SMILES string of the molecule is CC1CN(Cc2ccccc2C#N)CCS1. The summed E-state index contributed by atoms with van der Waals surface area (Å²) in [6.07, 6.45) is 0. The normalized spacial score (nSPS) is 21.6. The van der Waals surface area contributed by atoms with Crippen molar-refractivity contribution in [3.8, 4) is 6.07 Å². The van der Waals surface area contributed by atoms with E-state index in [1.54, 1.807) is 0 Å². The molecule has 0 radical (unpaired) electrons. The van der Waals surface area contributed by atoms with Crippen LogP contribution in [0.4, 0.5) is 0 Å². The average molecular weight is 232 g/mol. The predicted octanol–water partition coefficient (Wildman–Crippen LogP) is 2.50. The Kier molecular flexibility index (Phi) is 3.87. The van der Waals surface area contributed by atoms with Crippen molar-refractivity contribution in [2.24, 2.45) is 0 Å². The molecular weight excluding hydrogens is 216 g/mol. The zero-order chi connectivity index (χ0) is 11.4. The Morgan fingerprint density at radius 2 is 2.31 bits per heavy atom. The Morgan fingerprint density at radius 3 is 3.06 bits per heavy atom. The van der Waals surface area contributed by atoms with Crippen LogP contribution in [-0.4, -0.2) is 29.0 Å². The summed E-state index contributed by atoms with van der Waals surface area (Å²) in [6, 6.07) is 10.2. The van der Waals surface area contributed by atoms with Gasteiger partial charge in [-0.2, -0.15) is 17.0 Å². The summed E-state index contributed by atoms with van der Waals surface area (Å²) in [5.41, 5.74) is 1.97. The molecule has 0 amide bonds. The van der Waals surface area contributed by atoms with Crippen molar-refractivity contribution < 1.29 is 0 Å². The molecule has 1 fully saturated rings. The third kappa shape index (κ3) is 2.78. The standard InChI is InChI=1S/C13H16N2S/c1-11-9-15(6-7-16-11)10-13-5-3-2-4-12(13)8-14/h2-5,11H,6-7,9-10H2,1H3. The largest absolute Gasteiger partial charge is 0.297 e. The smallest absolute Gasteiger partial charge is 0.0995 e. The lowest BCUT2D eigenvalue weighted by molar-refractivity contribution is 0.278. The topological polar surface area (TPSA) is 27.0 Å². The maximum atomic E-state index is 9.03. The van der Waals surface area contributed by atoms with Crippen molar-refractivity contribution in [1.82, 2.24) is 4.90 Å². The molecule has 1 heterocycles. The Labute approximate surface area is 101 Å². The van der Waals surface area contributed by atoms with Crippen molar-refractivity contribution in [2.45, 2.75) is 18.7 Å². The Bertz CT molecular complexity index is 397. The van der Waals surface area contributed by atoms with Crippen LogP contribution in [0.25, 0.3) is 0 Å². The second-order valence-corrected chi connectivity index (χ2v) is 5.73. The molecule has 1 saturated heterocycles. The van der Waals surface area contributed by atoms with Crippen LogP contribution >= 0.6 is 11.8 Å². The van der Waals surface area contributed by atoms with Gasteiger partial charge in [0.1, 0.15) is 0 Å². The van der Waals surface area contributed by atoms with E-state index in [4.69, 9.17) is 5.26 Å². The number of hydrogen-bond donors (Lipinski definition) is 0. The number of thioether (sulfide) groups is 1. The summed E-state index contributed by atoms with van der Waals surface area (Å²) in [6.45, 7) is 5.45. The van der Waals surface area contributed by atoms with Crippen LogP contribution in [0.3, 0.4) is 0 Å². The van der Waals surface area contributed by atoms with Crippen LogP contribution in [0.1, 0.15) is 18.1 Å². The second-order valence-electron chi connectivity index (χ2n) is 4.19. The third-order valence-electron chi connectivity index (χ3n) is 2.86.